The number of carboxylic acid groups (broad SMARTS) is 1. The molecular formula is C13H17NO6S. The Hall–Kier alpha value is -1.38. The number of piperidine rings is 1. The Morgan fingerprint density at radius 2 is 1.90 bits per heavy atom. The monoisotopic (exact) mass is 315 g/mol. The van der Waals surface area contributed by atoms with Gasteiger partial charge in [0, 0.05) is 18.2 Å². The first-order valence-electron chi connectivity index (χ1n) is 6.86. The van der Waals surface area contributed by atoms with Crippen LogP contribution in [0.15, 0.2) is 15.4 Å². The number of furan rings is 1. The molecule has 0 saturated carbocycles. The molecule has 116 valence electrons. The number of hydrogen-bond acceptors (Lipinski definition) is 5. The van der Waals surface area contributed by atoms with Crippen molar-refractivity contribution in [1.82, 2.24) is 4.31 Å². The molecule has 3 heterocycles. The number of aromatic carboxylic acids is 1. The molecule has 1 aromatic heterocycles. The van der Waals surface area contributed by atoms with Crippen LogP contribution in [0.3, 0.4) is 0 Å². The summed E-state index contributed by atoms with van der Waals surface area (Å²) in [4.78, 5) is 10.8. The Kier molecular flexibility index (Phi) is 3.34. The zero-order valence-electron chi connectivity index (χ0n) is 11.5. The second-order valence-electron chi connectivity index (χ2n) is 5.68. The molecule has 2 aliphatic heterocycles. The van der Waals surface area contributed by atoms with Crippen molar-refractivity contribution in [2.45, 2.75) is 55.7 Å². The Bertz CT molecular complexity index is 665. The molecule has 1 aromatic rings. The number of nitrogens with zero attached hydrogens (tertiary/aromatic N) is 1. The maximum atomic E-state index is 12.8. The standard InChI is InChI=1S/C13H17NO6S/c1-7-12(6-11(20-7)13(16)17)21(18,19)14-8-2-3-9(14)5-10(15)4-8/h6,8-10,15H,2-5H2,1H3,(H,16,17). The lowest BCUT2D eigenvalue weighted by molar-refractivity contribution is 0.0660. The van der Waals surface area contributed by atoms with E-state index in [0.29, 0.717) is 12.8 Å². The van der Waals surface area contributed by atoms with Gasteiger partial charge in [0.05, 0.1) is 6.10 Å². The Balaban J connectivity index is 2.00. The lowest BCUT2D eigenvalue weighted by atomic mass is 10.0. The molecule has 2 fully saturated rings. The van der Waals surface area contributed by atoms with Crippen molar-refractivity contribution in [2.75, 3.05) is 0 Å². The number of aliphatic hydroxyl groups is 1. The van der Waals surface area contributed by atoms with Crippen LogP contribution >= 0.6 is 0 Å². The first-order chi connectivity index (χ1) is 9.80. The van der Waals surface area contributed by atoms with E-state index in [0.717, 1.165) is 18.9 Å². The zero-order chi connectivity index (χ0) is 15.4. The third kappa shape index (κ3) is 2.27. The van der Waals surface area contributed by atoms with E-state index in [-0.39, 0.29) is 28.5 Å². The third-order valence-electron chi connectivity index (χ3n) is 4.28. The van der Waals surface area contributed by atoms with Gasteiger partial charge in [-0.3, -0.25) is 0 Å². The molecule has 2 aliphatic rings. The largest absolute Gasteiger partial charge is 0.475 e. The van der Waals surface area contributed by atoms with Gasteiger partial charge in [-0.15, -0.1) is 0 Å². The molecule has 0 aliphatic carbocycles. The minimum Gasteiger partial charge on any atom is -0.475 e. The van der Waals surface area contributed by atoms with Crippen LogP contribution in [0.2, 0.25) is 0 Å². The van der Waals surface area contributed by atoms with Crippen LogP contribution < -0.4 is 0 Å². The summed E-state index contributed by atoms with van der Waals surface area (Å²) in [6, 6.07) is 0.634. The fourth-order valence-electron chi connectivity index (χ4n) is 3.44. The highest BCUT2D eigenvalue weighted by Crippen LogP contribution is 2.40. The molecule has 7 nitrogen and oxygen atoms in total. The van der Waals surface area contributed by atoms with E-state index in [1.54, 1.807) is 0 Å². The fraction of sp³-hybridized carbons (Fsp3) is 0.615. The van der Waals surface area contributed by atoms with Gasteiger partial charge in [0.15, 0.2) is 0 Å². The molecule has 2 saturated heterocycles. The van der Waals surface area contributed by atoms with Crippen molar-refractivity contribution in [3.63, 3.8) is 0 Å². The Morgan fingerprint density at radius 3 is 2.38 bits per heavy atom. The highest BCUT2D eigenvalue weighted by atomic mass is 32.2. The van der Waals surface area contributed by atoms with Crippen LogP contribution in [-0.2, 0) is 10.0 Å². The molecule has 0 aromatic carbocycles. The van der Waals surface area contributed by atoms with Crippen LogP contribution in [0, 0.1) is 6.92 Å². The molecule has 2 unspecified atom stereocenters. The zero-order valence-corrected chi connectivity index (χ0v) is 12.3. The molecule has 2 N–H and O–H groups in total. The molecular weight excluding hydrogens is 298 g/mol. The number of carbonyl (C=O) groups is 1. The number of carboxylic acids is 1. The minimum absolute atomic E-state index is 0.0814. The van der Waals surface area contributed by atoms with Crippen molar-refractivity contribution in [2.24, 2.45) is 0 Å². The number of hydrogen-bond donors (Lipinski definition) is 2. The third-order valence-corrected chi connectivity index (χ3v) is 6.39. The van der Waals surface area contributed by atoms with Gasteiger partial charge >= 0.3 is 5.97 Å². The average molecular weight is 315 g/mol. The van der Waals surface area contributed by atoms with Gasteiger partial charge in [-0.25, -0.2) is 13.2 Å². The summed E-state index contributed by atoms with van der Waals surface area (Å²) in [6.45, 7) is 1.44. The SMILES string of the molecule is Cc1oc(C(=O)O)cc1S(=O)(=O)N1C2CCC1CC(O)C2. The van der Waals surface area contributed by atoms with Gasteiger partial charge in [-0.2, -0.15) is 4.31 Å². The second-order valence-corrected chi connectivity index (χ2v) is 7.49. The van der Waals surface area contributed by atoms with E-state index in [1.807, 2.05) is 0 Å². The highest BCUT2D eigenvalue weighted by molar-refractivity contribution is 7.89. The van der Waals surface area contributed by atoms with Crippen molar-refractivity contribution in [3.8, 4) is 0 Å². The lowest BCUT2D eigenvalue weighted by Gasteiger charge is -2.35. The summed E-state index contributed by atoms with van der Waals surface area (Å²) < 4.78 is 32.0. The summed E-state index contributed by atoms with van der Waals surface area (Å²) in [5.41, 5.74) is 0. The van der Waals surface area contributed by atoms with Crippen LogP contribution in [0.5, 0.6) is 0 Å². The topological polar surface area (TPSA) is 108 Å². The minimum atomic E-state index is -3.80. The van der Waals surface area contributed by atoms with Crippen molar-refractivity contribution in [1.29, 1.82) is 0 Å². The smallest absolute Gasteiger partial charge is 0.371 e. The van der Waals surface area contributed by atoms with E-state index in [9.17, 15) is 18.3 Å². The fourth-order valence-corrected chi connectivity index (χ4v) is 5.49. The second kappa shape index (κ2) is 4.82. The van der Waals surface area contributed by atoms with Crippen LogP contribution in [-0.4, -0.2) is 47.1 Å². The quantitative estimate of drug-likeness (QED) is 0.860. The first kappa shape index (κ1) is 14.6. The van der Waals surface area contributed by atoms with E-state index in [4.69, 9.17) is 9.52 Å². The predicted molar refractivity (Wildman–Crippen MR) is 71.5 cm³/mol. The highest BCUT2D eigenvalue weighted by Gasteiger charge is 2.47. The summed E-state index contributed by atoms with van der Waals surface area (Å²) in [7, 11) is -3.80. The lowest BCUT2D eigenvalue weighted by Crippen LogP contribution is -2.47. The molecule has 21 heavy (non-hydrogen) atoms. The molecule has 3 rings (SSSR count). The summed E-state index contributed by atoms with van der Waals surface area (Å²) >= 11 is 0. The maximum Gasteiger partial charge on any atom is 0.371 e. The molecule has 0 spiro atoms. The number of fused-ring (bicyclic) bond motifs is 2. The van der Waals surface area contributed by atoms with E-state index in [1.165, 1.54) is 11.2 Å². The number of sulfonamides is 1. The van der Waals surface area contributed by atoms with E-state index >= 15 is 0 Å². The number of rotatable bonds is 3. The van der Waals surface area contributed by atoms with Gasteiger partial charge in [-0.05, 0) is 32.6 Å². The van der Waals surface area contributed by atoms with Gasteiger partial charge in [0.1, 0.15) is 10.7 Å². The molecule has 0 amide bonds. The van der Waals surface area contributed by atoms with E-state index in [2.05, 4.69) is 0 Å². The predicted octanol–water partition coefficient (Wildman–Crippen LogP) is 0.963. The molecule has 2 bridgehead atoms. The summed E-state index contributed by atoms with van der Waals surface area (Å²) in [5, 5.41) is 18.7. The normalized spacial score (nSPS) is 29.7. The number of aliphatic hydroxyl groups excluding tert-OH is 1. The number of aryl methyl sites for hydroxylation is 1. The Morgan fingerprint density at radius 1 is 1.33 bits per heavy atom. The maximum absolute atomic E-state index is 12.8. The van der Waals surface area contributed by atoms with E-state index < -0.39 is 22.1 Å². The van der Waals surface area contributed by atoms with Gasteiger partial charge < -0.3 is 14.6 Å². The van der Waals surface area contributed by atoms with Gasteiger partial charge in [-0.1, -0.05) is 0 Å². The summed E-state index contributed by atoms with van der Waals surface area (Å²) in [6.07, 6.45) is 1.85. The molecule has 2 atom stereocenters. The molecule has 8 heteroatoms. The van der Waals surface area contributed by atoms with Crippen molar-refractivity contribution in [3.05, 3.63) is 17.6 Å². The molecule has 0 radical (unpaired) electrons. The Labute approximate surface area is 122 Å². The van der Waals surface area contributed by atoms with Crippen LogP contribution in [0.1, 0.15) is 42.0 Å². The van der Waals surface area contributed by atoms with Gasteiger partial charge in [0.25, 0.3) is 0 Å². The van der Waals surface area contributed by atoms with Gasteiger partial charge in [0.2, 0.25) is 15.8 Å². The summed E-state index contributed by atoms with van der Waals surface area (Å²) in [5.74, 6) is -1.59. The van der Waals surface area contributed by atoms with Crippen LogP contribution in [0.4, 0.5) is 0 Å². The first-order valence-corrected chi connectivity index (χ1v) is 8.30. The average Bonchev–Trinajstić information content (AvgIpc) is 2.90. The van der Waals surface area contributed by atoms with Crippen LogP contribution in [0.25, 0.3) is 0 Å². The van der Waals surface area contributed by atoms with Crippen molar-refractivity contribution >= 4 is 16.0 Å². The van der Waals surface area contributed by atoms with Crippen molar-refractivity contribution < 1.29 is 27.8 Å².